The maximum absolute atomic E-state index is 11.3. The number of ether oxygens (including phenoxy) is 1. The van der Waals surface area contributed by atoms with Crippen LogP contribution in [-0.2, 0) is 23.8 Å². The van der Waals surface area contributed by atoms with Crippen LogP contribution in [0.3, 0.4) is 0 Å². The van der Waals surface area contributed by atoms with Gasteiger partial charge in [0.1, 0.15) is 23.6 Å². The summed E-state index contributed by atoms with van der Waals surface area (Å²) in [4.78, 5) is 24.5. The summed E-state index contributed by atoms with van der Waals surface area (Å²) in [6.07, 6.45) is 3.20. The fraction of sp³-hybridized carbons (Fsp3) is 0.333. The molecule has 4 aromatic rings. The molecule has 11 nitrogen and oxygen atoms in total. The van der Waals surface area contributed by atoms with Crippen molar-refractivity contribution in [2.24, 2.45) is 7.05 Å². The lowest BCUT2D eigenvalue weighted by molar-refractivity contribution is -0.114. The number of hydrogen-bond donors (Lipinski definition) is 2. The predicted octanol–water partition coefficient (Wildman–Crippen LogP) is 4.18. The van der Waals surface area contributed by atoms with E-state index < -0.39 is 0 Å². The highest BCUT2D eigenvalue weighted by molar-refractivity contribution is 5.87. The van der Waals surface area contributed by atoms with Crippen molar-refractivity contribution in [1.82, 2.24) is 29.3 Å². The Morgan fingerprint density at radius 2 is 2.00 bits per heavy atom. The first-order valence-electron chi connectivity index (χ1n) is 11.0. The van der Waals surface area contributed by atoms with E-state index in [9.17, 15) is 10.1 Å². The zero-order valence-electron chi connectivity index (χ0n) is 20.5. The molecule has 0 aliphatic heterocycles. The van der Waals surface area contributed by atoms with Crippen molar-refractivity contribution in [3.8, 4) is 17.7 Å². The summed E-state index contributed by atoms with van der Waals surface area (Å²) in [6.45, 7) is 9.73. The Kier molecular flexibility index (Phi) is 6.13. The molecule has 0 radical (unpaired) electrons. The number of hydrogen-bond acceptors (Lipinski definition) is 8. The van der Waals surface area contributed by atoms with E-state index in [2.05, 4.69) is 57.5 Å². The SMILES string of the molecule is CC(=O)Nc1cc(Oc2ncc3nc(Nc4cc(C(C)(C)C)n(CC#N)n4)n(C)c3c2C)ccn1. The minimum Gasteiger partial charge on any atom is -0.438 e. The third-order valence-corrected chi connectivity index (χ3v) is 5.36. The van der Waals surface area contributed by atoms with Gasteiger partial charge in [0.2, 0.25) is 17.7 Å². The molecule has 0 atom stereocenters. The summed E-state index contributed by atoms with van der Waals surface area (Å²) in [6, 6.07) is 7.42. The molecule has 0 aliphatic carbocycles. The van der Waals surface area contributed by atoms with Crippen molar-refractivity contribution in [2.75, 3.05) is 10.6 Å². The van der Waals surface area contributed by atoms with E-state index in [1.807, 2.05) is 24.6 Å². The maximum Gasteiger partial charge on any atom is 0.224 e. The van der Waals surface area contributed by atoms with Crippen LogP contribution in [0.5, 0.6) is 11.6 Å². The number of aromatic nitrogens is 6. The first-order chi connectivity index (χ1) is 16.6. The Labute approximate surface area is 202 Å². The molecule has 4 rings (SSSR count). The van der Waals surface area contributed by atoms with E-state index >= 15 is 0 Å². The lowest BCUT2D eigenvalue weighted by atomic mass is 9.92. The molecule has 0 fully saturated rings. The molecule has 0 aliphatic rings. The second-order valence-electron chi connectivity index (χ2n) is 9.18. The molecule has 35 heavy (non-hydrogen) atoms. The van der Waals surface area contributed by atoms with Crippen LogP contribution in [0, 0.1) is 18.3 Å². The first kappa shape index (κ1) is 23.7. The van der Waals surface area contributed by atoms with E-state index in [1.54, 1.807) is 29.2 Å². The van der Waals surface area contributed by atoms with Gasteiger partial charge < -0.3 is 19.9 Å². The van der Waals surface area contributed by atoms with Crippen LogP contribution in [0.2, 0.25) is 0 Å². The molecule has 0 saturated carbocycles. The molecular weight excluding hydrogens is 446 g/mol. The molecule has 0 spiro atoms. The number of nitrogens with zero attached hydrogens (tertiary/aromatic N) is 7. The molecule has 4 heterocycles. The van der Waals surface area contributed by atoms with Gasteiger partial charge in [0.25, 0.3) is 0 Å². The third-order valence-electron chi connectivity index (χ3n) is 5.36. The second kappa shape index (κ2) is 9.06. The zero-order chi connectivity index (χ0) is 25.3. The number of aryl methyl sites for hydroxylation is 2. The van der Waals surface area contributed by atoms with Crippen molar-refractivity contribution < 1.29 is 9.53 Å². The Balaban J connectivity index is 1.65. The summed E-state index contributed by atoms with van der Waals surface area (Å²) >= 11 is 0. The molecule has 11 heteroatoms. The number of fused-ring (bicyclic) bond motifs is 1. The number of amides is 1. The summed E-state index contributed by atoms with van der Waals surface area (Å²) in [7, 11) is 1.90. The number of carbonyl (C=O) groups is 1. The second-order valence-corrected chi connectivity index (χ2v) is 9.18. The number of pyridine rings is 2. The number of carbonyl (C=O) groups excluding carboxylic acids is 1. The molecule has 0 bridgehead atoms. The molecule has 4 aromatic heterocycles. The lowest BCUT2D eigenvalue weighted by Crippen LogP contribution is -2.18. The summed E-state index contributed by atoms with van der Waals surface area (Å²) in [5.74, 6) is 2.28. The smallest absolute Gasteiger partial charge is 0.224 e. The average Bonchev–Trinajstić information content (AvgIpc) is 3.32. The van der Waals surface area contributed by atoms with Crippen LogP contribution in [-0.4, -0.2) is 35.2 Å². The maximum atomic E-state index is 11.3. The van der Waals surface area contributed by atoms with Gasteiger partial charge in [-0.3, -0.25) is 9.48 Å². The highest BCUT2D eigenvalue weighted by Crippen LogP contribution is 2.32. The summed E-state index contributed by atoms with van der Waals surface area (Å²) in [5, 5.41) is 19.6. The fourth-order valence-electron chi connectivity index (χ4n) is 3.80. The molecule has 180 valence electrons. The molecule has 0 aromatic carbocycles. The normalized spacial score (nSPS) is 11.3. The van der Waals surface area contributed by atoms with Gasteiger partial charge in [-0.1, -0.05) is 20.8 Å². The standard InChI is InChI=1S/C24H27N9O2/c1-14-21-17(13-27-22(14)35-16-7-9-26-19(11-16)28-15(2)34)29-23(32(21)6)30-20-12-18(24(3,4)5)33(31-20)10-8-25/h7,9,11-13H,10H2,1-6H3,(H,26,28,34)(H,29,30,31). The molecular formula is C24H27N9O2. The van der Waals surface area contributed by atoms with Crippen LogP contribution in [0.1, 0.15) is 39.0 Å². The number of rotatable bonds is 6. The minimum absolute atomic E-state index is 0.166. The van der Waals surface area contributed by atoms with Crippen molar-refractivity contribution in [3.63, 3.8) is 0 Å². The number of nitrogens with one attached hydrogen (secondary N) is 2. The van der Waals surface area contributed by atoms with Gasteiger partial charge in [0.05, 0.1) is 17.8 Å². The van der Waals surface area contributed by atoms with Gasteiger partial charge >= 0.3 is 0 Å². The first-order valence-corrected chi connectivity index (χ1v) is 11.0. The van der Waals surface area contributed by atoms with Crippen LogP contribution in [0.4, 0.5) is 17.6 Å². The Bertz CT molecular complexity index is 1450. The van der Waals surface area contributed by atoms with Crippen molar-refractivity contribution in [1.29, 1.82) is 5.26 Å². The Morgan fingerprint density at radius 3 is 2.69 bits per heavy atom. The quantitative estimate of drug-likeness (QED) is 0.426. The minimum atomic E-state index is -0.215. The molecule has 0 unspecified atom stereocenters. The largest absolute Gasteiger partial charge is 0.438 e. The monoisotopic (exact) mass is 473 g/mol. The van der Waals surface area contributed by atoms with Gasteiger partial charge in [0, 0.05) is 49.0 Å². The van der Waals surface area contributed by atoms with Crippen LogP contribution >= 0.6 is 0 Å². The van der Waals surface area contributed by atoms with Crippen LogP contribution < -0.4 is 15.4 Å². The van der Waals surface area contributed by atoms with E-state index in [4.69, 9.17) is 4.74 Å². The highest BCUT2D eigenvalue weighted by Gasteiger charge is 2.22. The molecule has 0 saturated heterocycles. The summed E-state index contributed by atoms with van der Waals surface area (Å²) < 4.78 is 9.61. The van der Waals surface area contributed by atoms with Gasteiger partial charge in [0.15, 0.2) is 5.82 Å². The van der Waals surface area contributed by atoms with E-state index in [0.29, 0.717) is 34.7 Å². The molecule has 1 amide bonds. The van der Waals surface area contributed by atoms with Crippen molar-refractivity contribution in [2.45, 2.75) is 46.6 Å². The average molecular weight is 474 g/mol. The van der Waals surface area contributed by atoms with Crippen molar-refractivity contribution in [3.05, 3.63) is 41.9 Å². The van der Waals surface area contributed by atoms with E-state index in [1.165, 1.54) is 6.92 Å². The van der Waals surface area contributed by atoms with Gasteiger partial charge in [-0.05, 0) is 13.0 Å². The van der Waals surface area contributed by atoms with Crippen molar-refractivity contribution >= 4 is 34.5 Å². The number of imidazole rings is 1. The van der Waals surface area contributed by atoms with Crippen LogP contribution in [0.15, 0.2) is 30.6 Å². The number of nitriles is 1. The summed E-state index contributed by atoms with van der Waals surface area (Å²) in [5.41, 5.74) is 3.12. The molecule has 2 N–H and O–H groups in total. The van der Waals surface area contributed by atoms with Crippen LogP contribution in [0.25, 0.3) is 11.0 Å². The Hall–Kier alpha value is -4.46. The zero-order valence-corrected chi connectivity index (χ0v) is 20.5. The number of anilines is 3. The van der Waals surface area contributed by atoms with Gasteiger partial charge in [-0.25, -0.2) is 15.0 Å². The third kappa shape index (κ3) is 4.91. The lowest BCUT2D eigenvalue weighted by Gasteiger charge is -2.18. The van der Waals surface area contributed by atoms with E-state index in [-0.39, 0.29) is 17.9 Å². The van der Waals surface area contributed by atoms with Gasteiger partial charge in [-0.15, -0.1) is 0 Å². The highest BCUT2D eigenvalue weighted by atomic mass is 16.5. The predicted molar refractivity (Wildman–Crippen MR) is 132 cm³/mol. The Morgan fingerprint density at radius 1 is 1.23 bits per heavy atom. The van der Waals surface area contributed by atoms with E-state index in [0.717, 1.165) is 16.8 Å². The topological polar surface area (TPSA) is 136 Å². The van der Waals surface area contributed by atoms with Gasteiger partial charge in [-0.2, -0.15) is 10.4 Å². The fourth-order valence-corrected chi connectivity index (χ4v) is 3.80.